The topological polar surface area (TPSA) is 59.6 Å². The minimum absolute atomic E-state index is 0.0453. The number of amides is 1. The molecule has 0 aliphatic carbocycles. The Hall–Kier alpha value is -2.01. The quantitative estimate of drug-likeness (QED) is 0.751. The van der Waals surface area contributed by atoms with E-state index >= 15 is 0 Å². The molecule has 0 saturated heterocycles. The average Bonchev–Trinajstić information content (AvgIpc) is 2.99. The van der Waals surface area contributed by atoms with Crippen molar-refractivity contribution in [1.29, 1.82) is 0 Å². The molecule has 1 aliphatic heterocycles. The number of benzene rings is 1. The van der Waals surface area contributed by atoms with Gasteiger partial charge < -0.3 is 20.1 Å². The number of ether oxygens (including phenoxy) is 2. The van der Waals surface area contributed by atoms with E-state index in [1.165, 1.54) is 12.5 Å². The maximum Gasteiger partial charge on any atom is 0.266 e. The fourth-order valence-electron chi connectivity index (χ4n) is 1.93. The molecule has 0 atom stereocenters. The van der Waals surface area contributed by atoms with Gasteiger partial charge in [0.1, 0.15) is 12.5 Å². The number of hydrogen-bond donors (Lipinski definition) is 2. The molecule has 5 heteroatoms. The second-order valence-corrected chi connectivity index (χ2v) is 4.61. The lowest BCUT2D eigenvalue weighted by molar-refractivity contribution is -0.116. The van der Waals surface area contributed by atoms with E-state index in [1.807, 2.05) is 31.3 Å². The predicted octanol–water partition coefficient (Wildman–Crippen LogP) is 2.53. The SMILES string of the molecule is CNCCCCC(=O)Nc1ccc(C2OC=CO2)cc1. The van der Waals surface area contributed by atoms with E-state index in [1.54, 1.807) is 0 Å². The summed E-state index contributed by atoms with van der Waals surface area (Å²) in [6.45, 7) is 0.942. The smallest absolute Gasteiger partial charge is 0.266 e. The van der Waals surface area contributed by atoms with Crippen LogP contribution in [0, 0.1) is 0 Å². The Morgan fingerprint density at radius 3 is 2.50 bits per heavy atom. The summed E-state index contributed by atoms with van der Waals surface area (Å²) in [7, 11) is 1.91. The number of hydrogen-bond acceptors (Lipinski definition) is 4. The molecule has 1 aromatic rings. The molecule has 0 bridgehead atoms. The third kappa shape index (κ3) is 4.28. The normalized spacial score (nSPS) is 13.8. The van der Waals surface area contributed by atoms with Crippen LogP contribution in [0.5, 0.6) is 0 Å². The summed E-state index contributed by atoms with van der Waals surface area (Å²) in [6, 6.07) is 7.47. The first kappa shape index (κ1) is 14.4. The van der Waals surface area contributed by atoms with Gasteiger partial charge in [-0.25, -0.2) is 0 Å². The molecule has 5 nitrogen and oxygen atoms in total. The Morgan fingerprint density at radius 1 is 1.15 bits per heavy atom. The molecule has 2 rings (SSSR count). The maximum absolute atomic E-state index is 11.7. The largest absolute Gasteiger partial charge is 0.455 e. The molecule has 2 N–H and O–H groups in total. The third-order valence-corrected chi connectivity index (χ3v) is 3.01. The molecular weight excluding hydrogens is 256 g/mol. The number of nitrogens with one attached hydrogen (secondary N) is 2. The summed E-state index contributed by atoms with van der Waals surface area (Å²) < 4.78 is 10.5. The van der Waals surface area contributed by atoms with Gasteiger partial charge >= 0.3 is 0 Å². The molecule has 1 amide bonds. The summed E-state index contributed by atoms with van der Waals surface area (Å²) in [5.41, 5.74) is 1.71. The zero-order valence-corrected chi connectivity index (χ0v) is 11.6. The van der Waals surface area contributed by atoms with Crippen LogP contribution in [0.3, 0.4) is 0 Å². The molecule has 20 heavy (non-hydrogen) atoms. The van der Waals surface area contributed by atoms with E-state index in [-0.39, 0.29) is 12.2 Å². The monoisotopic (exact) mass is 276 g/mol. The Kier molecular flexibility index (Phi) is 5.43. The third-order valence-electron chi connectivity index (χ3n) is 3.01. The van der Waals surface area contributed by atoms with Crippen molar-refractivity contribution in [3.8, 4) is 0 Å². The van der Waals surface area contributed by atoms with E-state index in [0.29, 0.717) is 6.42 Å². The molecule has 0 saturated carbocycles. The van der Waals surface area contributed by atoms with Crippen molar-refractivity contribution >= 4 is 11.6 Å². The predicted molar refractivity (Wildman–Crippen MR) is 76.9 cm³/mol. The molecule has 108 valence electrons. The molecule has 1 aromatic carbocycles. The summed E-state index contributed by atoms with van der Waals surface area (Å²) >= 11 is 0. The first-order valence-electron chi connectivity index (χ1n) is 6.80. The lowest BCUT2D eigenvalue weighted by Gasteiger charge is -2.11. The zero-order chi connectivity index (χ0) is 14.2. The first-order chi connectivity index (χ1) is 9.79. The summed E-state index contributed by atoms with van der Waals surface area (Å²) in [4.78, 5) is 11.7. The van der Waals surface area contributed by atoms with Crippen LogP contribution in [0.4, 0.5) is 5.69 Å². The molecular formula is C15H20N2O3. The van der Waals surface area contributed by atoms with Crippen LogP contribution in [0.25, 0.3) is 0 Å². The van der Waals surface area contributed by atoms with Gasteiger partial charge in [0, 0.05) is 17.7 Å². The van der Waals surface area contributed by atoms with Gasteiger partial charge in [-0.2, -0.15) is 0 Å². The zero-order valence-electron chi connectivity index (χ0n) is 11.6. The van der Waals surface area contributed by atoms with Crippen molar-refractivity contribution in [3.05, 3.63) is 42.4 Å². The molecule has 1 aliphatic rings. The number of anilines is 1. The fourth-order valence-corrected chi connectivity index (χ4v) is 1.93. The van der Waals surface area contributed by atoms with Crippen LogP contribution in [0.1, 0.15) is 31.1 Å². The second kappa shape index (κ2) is 7.55. The molecule has 0 aromatic heterocycles. The highest BCUT2D eigenvalue weighted by Gasteiger charge is 2.14. The Balaban J connectivity index is 1.76. The van der Waals surface area contributed by atoms with Gasteiger partial charge in [0.25, 0.3) is 6.29 Å². The lowest BCUT2D eigenvalue weighted by atomic mass is 10.2. The Labute approximate surface area is 119 Å². The average molecular weight is 276 g/mol. The van der Waals surface area contributed by atoms with Gasteiger partial charge in [-0.05, 0) is 50.7 Å². The van der Waals surface area contributed by atoms with E-state index in [0.717, 1.165) is 30.6 Å². The highest BCUT2D eigenvalue weighted by atomic mass is 16.7. The first-order valence-corrected chi connectivity index (χ1v) is 6.80. The molecule has 0 fully saturated rings. The summed E-state index contributed by atoms with van der Waals surface area (Å²) in [5.74, 6) is 0.0453. The Morgan fingerprint density at radius 2 is 1.85 bits per heavy atom. The molecule has 0 radical (unpaired) electrons. The van der Waals surface area contributed by atoms with Crippen molar-refractivity contribution < 1.29 is 14.3 Å². The van der Waals surface area contributed by atoms with Crippen molar-refractivity contribution in [1.82, 2.24) is 5.32 Å². The van der Waals surface area contributed by atoms with Crippen LogP contribution in [-0.4, -0.2) is 19.5 Å². The second-order valence-electron chi connectivity index (χ2n) is 4.61. The fraction of sp³-hybridized carbons (Fsp3) is 0.400. The maximum atomic E-state index is 11.7. The van der Waals surface area contributed by atoms with Crippen molar-refractivity contribution in [2.24, 2.45) is 0 Å². The van der Waals surface area contributed by atoms with Gasteiger partial charge in [0.05, 0.1) is 0 Å². The van der Waals surface area contributed by atoms with E-state index < -0.39 is 0 Å². The molecule has 1 heterocycles. The van der Waals surface area contributed by atoms with Gasteiger partial charge in [-0.1, -0.05) is 0 Å². The van der Waals surface area contributed by atoms with E-state index in [4.69, 9.17) is 9.47 Å². The van der Waals surface area contributed by atoms with Gasteiger partial charge in [-0.15, -0.1) is 0 Å². The van der Waals surface area contributed by atoms with Crippen LogP contribution < -0.4 is 10.6 Å². The summed E-state index contributed by atoms with van der Waals surface area (Å²) in [5, 5.41) is 5.94. The number of unbranched alkanes of at least 4 members (excludes halogenated alkanes) is 1. The van der Waals surface area contributed by atoms with Gasteiger partial charge in [0.2, 0.25) is 5.91 Å². The van der Waals surface area contributed by atoms with E-state index in [2.05, 4.69) is 10.6 Å². The van der Waals surface area contributed by atoms with Crippen LogP contribution in [0.15, 0.2) is 36.8 Å². The Bertz CT molecular complexity index is 449. The molecule has 0 spiro atoms. The minimum Gasteiger partial charge on any atom is -0.455 e. The highest BCUT2D eigenvalue weighted by molar-refractivity contribution is 5.90. The molecule has 0 unspecified atom stereocenters. The highest BCUT2D eigenvalue weighted by Crippen LogP contribution is 2.24. The van der Waals surface area contributed by atoms with Crippen LogP contribution in [0.2, 0.25) is 0 Å². The summed E-state index contributed by atoms with van der Waals surface area (Å²) in [6.07, 6.45) is 5.10. The van der Waals surface area contributed by atoms with Gasteiger partial charge in [0.15, 0.2) is 0 Å². The number of carbonyl (C=O) groups is 1. The minimum atomic E-state index is -0.374. The lowest BCUT2D eigenvalue weighted by Crippen LogP contribution is -2.13. The van der Waals surface area contributed by atoms with Crippen molar-refractivity contribution in [3.63, 3.8) is 0 Å². The van der Waals surface area contributed by atoms with Crippen molar-refractivity contribution in [2.75, 3.05) is 18.9 Å². The standard InChI is InChI=1S/C15H20N2O3/c1-16-9-3-2-4-14(18)17-13-7-5-12(6-8-13)15-19-10-11-20-15/h5-8,10-11,15-16H,2-4,9H2,1H3,(H,17,18). The van der Waals surface area contributed by atoms with Crippen molar-refractivity contribution in [2.45, 2.75) is 25.6 Å². The number of rotatable bonds is 7. The van der Waals surface area contributed by atoms with Crippen LogP contribution >= 0.6 is 0 Å². The van der Waals surface area contributed by atoms with Crippen LogP contribution in [-0.2, 0) is 14.3 Å². The van der Waals surface area contributed by atoms with E-state index in [9.17, 15) is 4.79 Å². The van der Waals surface area contributed by atoms with Gasteiger partial charge in [-0.3, -0.25) is 4.79 Å². The number of carbonyl (C=O) groups excluding carboxylic acids is 1.